The molecule has 104 valence electrons. The Kier molecular flexibility index (Phi) is 3.62. The van der Waals surface area contributed by atoms with E-state index in [1.807, 2.05) is 0 Å². The average Bonchev–Trinajstić information content (AvgIpc) is 2.35. The third kappa shape index (κ3) is 2.49. The molecule has 0 radical (unpaired) electrons. The third-order valence-corrected chi connectivity index (χ3v) is 4.01. The minimum Gasteiger partial charge on any atom is -0.489 e. The van der Waals surface area contributed by atoms with E-state index in [1.54, 1.807) is 6.08 Å². The highest BCUT2D eigenvalue weighted by molar-refractivity contribution is 5.59. The van der Waals surface area contributed by atoms with Crippen LogP contribution in [0.3, 0.4) is 0 Å². The molecule has 0 bridgehead atoms. The molecule has 1 aliphatic heterocycles. The van der Waals surface area contributed by atoms with Crippen LogP contribution in [0, 0.1) is 20.8 Å². The zero-order valence-corrected chi connectivity index (χ0v) is 12.7. The van der Waals surface area contributed by atoms with E-state index in [-0.39, 0.29) is 5.60 Å². The van der Waals surface area contributed by atoms with Crippen molar-refractivity contribution in [3.8, 4) is 11.5 Å². The average molecular weight is 260 g/mol. The number of hydrogen-bond acceptors (Lipinski definition) is 2. The van der Waals surface area contributed by atoms with Crippen LogP contribution in [0.15, 0.2) is 12.7 Å². The van der Waals surface area contributed by atoms with Crippen molar-refractivity contribution in [3.63, 3.8) is 0 Å². The zero-order chi connectivity index (χ0) is 14.2. The van der Waals surface area contributed by atoms with E-state index in [2.05, 4.69) is 41.2 Å². The van der Waals surface area contributed by atoms with Gasteiger partial charge in [0.2, 0.25) is 0 Å². The Morgan fingerprint density at radius 3 is 2.53 bits per heavy atom. The summed E-state index contributed by atoms with van der Waals surface area (Å²) in [7, 11) is 0. The minimum atomic E-state index is -0.0693. The summed E-state index contributed by atoms with van der Waals surface area (Å²) < 4.78 is 12.0. The van der Waals surface area contributed by atoms with Crippen molar-refractivity contribution in [1.82, 2.24) is 0 Å². The molecular formula is C17H24O2. The standard InChI is InChI=1S/C17H24O2/c1-7-10-18-15-11(2)12(3)16-14(13(15)4)8-9-17(5,6)19-16/h7H,1,8-10H2,2-6H3. The lowest BCUT2D eigenvalue weighted by Gasteiger charge is -2.35. The fourth-order valence-electron chi connectivity index (χ4n) is 2.71. The molecule has 1 heterocycles. The monoisotopic (exact) mass is 260 g/mol. The van der Waals surface area contributed by atoms with Crippen LogP contribution in [0.2, 0.25) is 0 Å². The lowest BCUT2D eigenvalue weighted by atomic mass is 9.88. The second kappa shape index (κ2) is 4.92. The van der Waals surface area contributed by atoms with E-state index in [4.69, 9.17) is 9.47 Å². The van der Waals surface area contributed by atoms with Gasteiger partial charge in [0, 0.05) is 5.56 Å². The fraction of sp³-hybridized carbons (Fsp3) is 0.529. The Morgan fingerprint density at radius 1 is 1.21 bits per heavy atom. The molecule has 2 heteroatoms. The summed E-state index contributed by atoms with van der Waals surface area (Å²) in [5.41, 5.74) is 4.83. The number of hydrogen-bond donors (Lipinski definition) is 0. The molecule has 1 aromatic carbocycles. The zero-order valence-electron chi connectivity index (χ0n) is 12.7. The van der Waals surface area contributed by atoms with Crippen LogP contribution in [0.25, 0.3) is 0 Å². The smallest absolute Gasteiger partial charge is 0.127 e. The van der Waals surface area contributed by atoms with Gasteiger partial charge < -0.3 is 9.47 Å². The first kappa shape index (κ1) is 14.0. The Labute approximate surface area is 116 Å². The first-order valence-electron chi connectivity index (χ1n) is 6.92. The van der Waals surface area contributed by atoms with Crippen LogP contribution in [0.1, 0.15) is 42.5 Å². The van der Waals surface area contributed by atoms with Crippen molar-refractivity contribution >= 4 is 0 Å². The maximum absolute atomic E-state index is 6.20. The van der Waals surface area contributed by atoms with Crippen molar-refractivity contribution in [2.24, 2.45) is 0 Å². The highest BCUT2D eigenvalue weighted by atomic mass is 16.5. The van der Waals surface area contributed by atoms with E-state index < -0.39 is 0 Å². The Balaban J connectivity index is 2.53. The second-order valence-corrected chi connectivity index (χ2v) is 5.97. The van der Waals surface area contributed by atoms with E-state index in [0.29, 0.717) is 6.61 Å². The molecule has 0 N–H and O–H groups in total. The van der Waals surface area contributed by atoms with Gasteiger partial charge in [-0.25, -0.2) is 0 Å². The molecule has 0 aromatic heterocycles. The van der Waals surface area contributed by atoms with Crippen molar-refractivity contribution in [1.29, 1.82) is 0 Å². The quantitative estimate of drug-likeness (QED) is 0.755. The SMILES string of the molecule is C=CCOc1c(C)c(C)c2c(c1C)CCC(C)(C)O2. The largest absolute Gasteiger partial charge is 0.489 e. The van der Waals surface area contributed by atoms with Crippen molar-refractivity contribution in [2.75, 3.05) is 6.61 Å². The summed E-state index contributed by atoms with van der Waals surface area (Å²) in [6.45, 7) is 14.9. The Bertz CT molecular complexity index is 513. The Hall–Kier alpha value is -1.44. The summed E-state index contributed by atoms with van der Waals surface area (Å²) in [5, 5.41) is 0. The summed E-state index contributed by atoms with van der Waals surface area (Å²) >= 11 is 0. The summed E-state index contributed by atoms with van der Waals surface area (Å²) in [6.07, 6.45) is 3.89. The molecule has 0 atom stereocenters. The highest BCUT2D eigenvalue weighted by Crippen LogP contribution is 2.43. The van der Waals surface area contributed by atoms with Crippen LogP contribution in [-0.4, -0.2) is 12.2 Å². The lowest BCUT2D eigenvalue weighted by molar-refractivity contribution is 0.0831. The van der Waals surface area contributed by atoms with Crippen LogP contribution < -0.4 is 9.47 Å². The van der Waals surface area contributed by atoms with Gasteiger partial charge in [-0.1, -0.05) is 12.7 Å². The molecule has 1 aliphatic rings. The lowest BCUT2D eigenvalue weighted by Crippen LogP contribution is -2.33. The Morgan fingerprint density at radius 2 is 1.89 bits per heavy atom. The van der Waals surface area contributed by atoms with Crippen molar-refractivity contribution in [3.05, 3.63) is 34.9 Å². The molecule has 0 saturated heterocycles. The molecular weight excluding hydrogens is 236 g/mol. The normalized spacial score (nSPS) is 16.5. The van der Waals surface area contributed by atoms with E-state index in [0.717, 1.165) is 24.3 Å². The maximum Gasteiger partial charge on any atom is 0.127 e. The predicted octanol–water partition coefficient (Wildman–Crippen LogP) is 4.28. The van der Waals surface area contributed by atoms with Crippen molar-refractivity contribution < 1.29 is 9.47 Å². The van der Waals surface area contributed by atoms with Gasteiger partial charge in [-0.15, -0.1) is 0 Å². The predicted molar refractivity (Wildman–Crippen MR) is 79.4 cm³/mol. The molecule has 0 spiro atoms. The first-order chi connectivity index (χ1) is 8.87. The van der Waals surface area contributed by atoms with Gasteiger partial charge >= 0.3 is 0 Å². The minimum absolute atomic E-state index is 0.0693. The molecule has 0 amide bonds. The number of ether oxygens (including phenoxy) is 2. The molecule has 2 rings (SSSR count). The number of fused-ring (bicyclic) bond motifs is 1. The fourth-order valence-corrected chi connectivity index (χ4v) is 2.71. The number of rotatable bonds is 3. The molecule has 0 saturated carbocycles. The van der Waals surface area contributed by atoms with Gasteiger partial charge in [0.25, 0.3) is 0 Å². The maximum atomic E-state index is 6.20. The molecule has 0 aliphatic carbocycles. The molecule has 2 nitrogen and oxygen atoms in total. The summed E-state index contributed by atoms with van der Waals surface area (Å²) in [4.78, 5) is 0. The van der Waals surface area contributed by atoms with E-state index >= 15 is 0 Å². The summed E-state index contributed by atoms with van der Waals surface area (Å²) in [6, 6.07) is 0. The van der Waals surface area contributed by atoms with Crippen LogP contribution in [0.5, 0.6) is 11.5 Å². The second-order valence-electron chi connectivity index (χ2n) is 5.97. The molecule has 0 fully saturated rings. The highest BCUT2D eigenvalue weighted by Gasteiger charge is 2.30. The van der Waals surface area contributed by atoms with E-state index in [9.17, 15) is 0 Å². The first-order valence-corrected chi connectivity index (χ1v) is 6.92. The van der Waals surface area contributed by atoms with Gasteiger partial charge in [0.1, 0.15) is 23.7 Å². The van der Waals surface area contributed by atoms with Gasteiger partial charge in [-0.05, 0) is 64.2 Å². The van der Waals surface area contributed by atoms with E-state index in [1.165, 1.54) is 22.3 Å². The topological polar surface area (TPSA) is 18.5 Å². The molecule has 1 aromatic rings. The van der Waals surface area contributed by atoms with Crippen LogP contribution in [0.4, 0.5) is 0 Å². The van der Waals surface area contributed by atoms with Gasteiger partial charge in [-0.3, -0.25) is 0 Å². The summed E-state index contributed by atoms with van der Waals surface area (Å²) in [5.74, 6) is 2.07. The van der Waals surface area contributed by atoms with Crippen LogP contribution in [-0.2, 0) is 6.42 Å². The van der Waals surface area contributed by atoms with Gasteiger partial charge in [0.15, 0.2) is 0 Å². The number of benzene rings is 1. The van der Waals surface area contributed by atoms with Gasteiger partial charge in [0.05, 0.1) is 0 Å². The van der Waals surface area contributed by atoms with Crippen molar-refractivity contribution in [2.45, 2.75) is 53.1 Å². The molecule has 19 heavy (non-hydrogen) atoms. The van der Waals surface area contributed by atoms with Gasteiger partial charge in [-0.2, -0.15) is 0 Å². The molecule has 0 unspecified atom stereocenters. The third-order valence-electron chi connectivity index (χ3n) is 4.01. The van der Waals surface area contributed by atoms with Crippen LogP contribution >= 0.6 is 0 Å².